The zero-order valence-electron chi connectivity index (χ0n) is 20.0. The predicted molar refractivity (Wildman–Crippen MR) is 130 cm³/mol. The van der Waals surface area contributed by atoms with Crippen LogP contribution in [0.15, 0.2) is 47.2 Å². The van der Waals surface area contributed by atoms with E-state index < -0.39 is 23.7 Å². The molecular weight excluding hydrogens is 452 g/mol. The van der Waals surface area contributed by atoms with Crippen LogP contribution in [-0.2, 0) is 14.3 Å². The van der Waals surface area contributed by atoms with Crippen LogP contribution < -0.4 is 5.32 Å². The molecule has 2 aromatic rings. The Morgan fingerprint density at radius 3 is 2.44 bits per heavy atom. The highest BCUT2D eigenvalue weighted by Crippen LogP contribution is 2.36. The van der Waals surface area contributed by atoms with E-state index in [2.05, 4.69) is 5.32 Å². The summed E-state index contributed by atoms with van der Waals surface area (Å²) >= 11 is 1.52. The molecule has 0 saturated carbocycles. The SMILES string of the molecule is CC(C)(C)OC(=O)NC(C(=O)O[C@H]1C[N+]2(CC(=O)c3ccsc3)CCC1CC2)c1ccccc1. The third-order valence-electron chi connectivity index (χ3n) is 6.66. The average molecular weight is 486 g/mol. The van der Waals surface area contributed by atoms with E-state index >= 15 is 0 Å². The number of ether oxygens (including phenoxy) is 2. The Balaban J connectivity index is 1.46. The Hall–Kier alpha value is -2.71. The van der Waals surface area contributed by atoms with Gasteiger partial charge in [0, 0.05) is 29.7 Å². The summed E-state index contributed by atoms with van der Waals surface area (Å²) in [5.41, 5.74) is 0.706. The first-order valence-corrected chi connectivity index (χ1v) is 12.7. The molecule has 3 saturated heterocycles. The summed E-state index contributed by atoms with van der Waals surface area (Å²) in [7, 11) is 0. The van der Waals surface area contributed by atoms with Gasteiger partial charge in [0.1, 0.15) is 18.7 Å². The number of amides is 1. The minimum Gasteiger partial charge on any atom is -0.454 e. The predicted octanol–water partition coefficient (Wildman–Crippen LogP) is 4.35. The Morgan fingerprint density at radius 1 is 1.12 bits per heavy atom. The van der Waals surface area contributed by atoms with Crippen molar-refractivity contribution in [2.75, 3.05) is 26.2 Å². The lowest BCUT2D eigenvalue weighted by atomic mass is 9.82. The molecule has 1 aromatic heterocycles. The first-order chi connectivity index (χ1) is 16.1. The fourth-order valence-corrected chi connectivity index (χ4v) is 5.62. The van der Waals surface area contributed by atoms with Crippen LogP contribution in [0.25, 0.3) is 0 Å². The van der Waals surface area contributed by atoms with Gasteiger partial charge in [-0.15, -0.1) is 0 Å². The highest BCUT2D eigenvalue weighted by molar-refractivity contribution is 7.08. The molecule has 8 heteroatoms. The minimum absolute atomic E-state index is 0.139. The number of alkyl carbamates (subject to hydrolysis) is 1. The number of esters is 1. The van der Waals surface area contributed by atoms with Gasteiger partial charge in [0.2, 0.25) is 5.78 Å². The molecule has 4 heterocycles. The molecule has 2 atom stereocenters. The Morgan fingerprint density at radius 2 is 1.82 bits per heavy atom. The normalized spacial score (nSPS) is 24.8. The fraction of sp³-hybridized carbons (Fsp3) is 0.500. The van der Waals surface area contributed by atoms with E-state index in [-0.39, 0.29) is 17.8 Å². The number of ketones is 1. The van der Waals surface area contributed by atoms with E-state index in [1.165, 1.54) is 11.3 Å². The van der Waals surface area contributed by atoms with Crippen molar-refractivity contribution in [1.29, 1.82) is 0 Å². The molecule has 3 aliphatic heterocycles. The summed E-state index contributed by atoms with van der Waals surface area (Å²) in [6.45, 7) is 8.22. The summed E-state index contributed by atoms with van der Waals surface area (Å²) in [4.78, 5) is 38.6. The molecule has 1 aromatic carbocycles. The number of nitrogens with zero attached hydrogens (tertiary/aromatic N) is 1. The molecule has 182 valence electrons. The molecule has 34 heavy (non-hydrogen) atoms. The third kappa shape index (κ3) is 5.85. The number of fused-ring (bicyclic) bond motifs is 3. The van der Waals surface area contributed by atoms with Crippen molar-refractivity contribution in [2.24, 2.45) is 5.92 Å². The molecule has 5 rings (SSSR count). The molecule has 0 radical (unpaired) electrons. The van der Waals surface area contributed by atoms with Crippen LogP contribution in [-0.4, -0.2) is 60.2 Å². The maximum absolute atomic E-state index is 13.3. The molecule has 1 N–H and O–H groups in total. The van der Waals surface area contributed by atoms with Gasteiger partial charge < -0.3 is 19.3 Å². The maximum Gasteiger partial charge on any atom is 0.408 e. The number of piperidine rings is 3. The van der Waals surface area contributed by atoms with Gasteiger partial charge in [-0.05, 0) is 37.8 Å². The minimum atomic E-state index is -0.965. The molecule has 0 aliphatic carbocycles. The fourth-order valence-electron chi connectivity index (χ4n) is 4.96. The number of thiophene rings is 1. The topological polar surface area (TPSA) is 81.7 Å². The van der Waals surface area contributed by atoms with Crippen LogP contribution in [0.3, 0.4) is 0 Å². The van der Waals surface area contributed by atoms with Crippen molar-refractivity contribution < 1.29 is 28.3 Å². The van der Waals surface area contributed by atoms with Gasteiger partial charge in [-0.2, -0.15) is 11.3 Å². The van der Waals surface area contributed by atoms with E-state index in [9.17, 15) is 14.4 Å². The average Bonchev–Trinajstić information content (AvgIpc) is 3.33. The molecule has 3 fully saturated rings. The molecular formula is C26H33N2O5S+. The lowest BCUT2D eigenvalue weighted by molar-refractivity contribution is -0.938. The number of hydrogen-bond donors (Lipinski definition) is 1. The van der Waals surface area contributed by atoms with Crippen molar-refractivity contribution in [3.63, 3.8) is 0 Å². The molecule has 2 bridgehead atoms. The highest BCUT2D eigenvalue weighted by Gasteiger charge is 2.49. The second-order valence-electron chi connectivity index (χ2n) is 10.4. The molecule has 3 aliphatic rings. The van der Waals surface area contributed by atoms with E-state index in [0.29, 0.717) is 23.1 Å². The van der Waals surface area contributed by atoms with Gasteiger partial charge in [-0.3, -0.25) is 4.79 Å². The van der Waals surface area contributed by atoms with Crippen molar-refractivity contribution in [1.82, 2.24) is 5.32 Å². The van der Waals surface area contributed by atoms with Crippen molar-refractivity contribution in [3.05, 3.63) is 58.3 Å². The second kappa shape index (κ2) is 9.88. The van der Waals surface area contributed by atoms with Gasteiger partial charge in [0.05, 0.1) is 13.1 Å². The number of benzene rings is 1. The molecule has 7 nitrogen and oxygen atoms in total. The number of carbonyl (C=O) groups is 3. The smallest absolute Gasteiger partial charge is 0.408 e. The van der Waals surface area contributed by atoms with E-state index in [1.54, 1.807) is 32.9 Å². The number of nitrogens with one attached hydrogen (secondary N) is 1. The van der Waals surface area contributed by atoms with E-state index in [0.717, 1.165) is 31.5 Å². The standard InChI is InChI=1S/C26H32N2O5S/c1-26(2,3)33-25(31)27-23(19-7-5-4-6-8-19)24(30)32-22-16-28(12-9-18(22)10-13-28)15-21(29)20-11-14-34-17-20/h4-8,11,14,17-18,22-23H,9-10,12-13,15-16H2,1-3H3/p+1/t18?,22-,23?,28?/m0/s1. The summed E-state index contributed by atoms with van der Waals surface area (Å²) < 4.78 is 12.1. The zero-order chi connectivity index (χ0) is 24.3. The van der Waals surface area contributed by atoms with Gasteiger partial charge in [-0.1, -0.05) is 30.3 Å². The maximum atomic E-state index is 13.3. The first-order valence-electron chi connectivity index (χ1n) is 11.8. The summed E-state index contributed by atoms with van der Waals surface area (Å²) in [6, 6.07) is 9.96. The van der Waals surface area contributed by atoms with Crippen LogP contribution in [0.2, 0.25) is 0 Å². The van der Waals surface area contributed by atoms with Crippen molar-refractivity contribution in [3.8, 4) is 0 Å². The van der Waals surface area contributed by atoms with Gasteiger partial charge in [-0.25, -0.2) is 9.59 Å². The highest BCUT2D eigenvalue weighted by atomic mass is 32.1. The van der Waals surface area contributed by atoms with Gasteiger partial charge in [0.25, 0.3) is 0 Å². The van der Waals surface area contributed by atoms with Gasteiger partial charge >= 0.3 is 12.1 Å². The summed E-state index contributed by atoms with van der Waals surface area (Å²) in [5.74, 6) is -0.0864. The zero-order valence-corrected chi connectivity index (χ0v) is 20.8. The lowest BCUT2D eigenvalue weighted by Gasteiger charge is -2.51. The van der Waals surface area contributed by atoms with Crippen LogP contribution >= 0.6 is 11.3 Å². The Kier molecular flexibility index (Phi) is 7.09. The van der Waals surface area contributed by atoms with Crippen LogP contribution in [0.5, 0.6) is 0 Å². The Bertz CT molecular complexity index is 1010. The van der Waals surface area contributed by atoms with E-state index in [4.69, 9.17) is 9.47 Å². The molecule has 1 amide bonds. The molecule has 0 spiro atoms. The van der Waals surface area contributed by atoms with Crippen molar-refractivity contribution >= 4 is 29.2 Å². The number of quaternary nitrogens is 1. The third-order valence-corrected chi connectivity index (χ3v) is 7.34. The molecule has 1 unspecified atom stereocenters. The lowest BCUT2D eigenvalue weighted by Crippen LogP contribution is -2.66. The Labute approximate surface area is 204 Å². The quantitative estimate of drug-likeness (QED) is 0.358. The number of rotatable bonds is 7. The monoisotopic (exact) mass is 485 g/mol. The van der Waals surface area contributed by atoms with Crippen LogP contribution in [0, 0.1) is 5.92 Å². The second-order valence-corrected chi connectivity index (χ2v) is 11.1. The van der Waals surface area contributed by atoms with E-state index in [1.807, 2.05) is 35.0 Å². The first kappa shape index (κ1) is 24.4. The number of carbonyl (C=O) groups excluding carboxylic acids is 3. The summed E-state index contributed by atoms with van der Waals surface area (Å²) in [5, 5.41) is 6.50. The largest absolute Gasteiger partial charge is 0.454 e. The number of hydrogen-bond acceptors (Lipinski definition) is 6. The van der Waals surface area contributed by atoms with Crippen LogP contribution in [0.1, 0.15) is 55.6 Å². The van der Waals surface area contributed by atoms with Crippen LogP contribution in [0.4, 0.5) is 4.79 Å². The summed E-state index contributed by atoms with van der Waals surface area (Å²) in [6.07, 6.45) is 0.892. The van der Waals surface area contributed by atoms with Gasteiger partial charge in [0.15, 0.2) is 12.1 Å². The number of Topliss-reactive ketones (excluding diaryl/α,β-unsaturated/α-hetero) is 1. The van der Waals surface area contributed by atoms with Crippen molar-refractivity contribution in [2.45, 2.75) is 51.4 Å².